The number of ether oxygens (including phenoxy) is 4. The van der Waals surface area contributed by atoms with Gasteiger partial charge in [-0.15, -0.1) is 0 Å². The molecule has 1 aromatic heterocycles. The third-order valence-corrected chi connectivity index (χ3v) is 8.02. The van der Waals surface area contributed by atoms with Crippen molar-refractivity contribution in [3.05, 3.63) is 140 Å². The maximum Gasteiger partial charge on any atom is 0.335 e. The quantitative estimate of drug-likeness (QED) is 0.226. The molecule has 4 aromatic rings. The van der Waals surface area contributed by atoms with E-state index in [1.807, 2.05) is 91.0 Å². The summed E-state index contributed by atoms with van der Waals surface area (Å²) in [5, 5.41) is 21.7. The van der Waals surface area contributed by atoms with Gasteiger partial charge in [-0.3, -0.25) is 9.36 Å². The lowest BCUT2D eigenvalue weighted by Crippen LogP contribution is -2.60. The molecule has 232 valence electrons. The number of aliphatic hydroxyl groups excluding tert-OH is 2. The van der Waals surface area contributed by atoms with Crippen molar-refractivity contribution >= 4 is 0 Å². The molecule has 1 aliphatic heterocycles. The van der Waals surface area contributed by atoms with Crippen LogP contribution in [0.1, 0.15) is 34.9 Å². The second-order valence-electron chi connectivity index (χ2n) is 11.0. The molecule has 3 aromatic carbocycles. The highest BCUT2D eigenvalue weighted by Gasteiger charge is 2.61. The summed E-state index contributed by atoms with van der Waals surface area (Å²) < 4.78 is 27.0. The summed E-state index contributed by atoms with van der Waals surface area (Å²) in [7, 11) is 0. The molecule has 3 atom stereocenters. The first-order valence-corrected chi connectivity index (χ1v) is 14.5. The van der Waals surface area contributed by atoms with Crippen molar-refractivity contribution in [1.29, 1.82) is 0 Å². The summed E-state index contributed by atoms with van der Waals surface area (Å²) in [6.07, 6.45) is 0.451. The van der Waals surface area contributed by atoms with Gasteiger partial charge in [-0.25, -0.2) is 9.36 Å². The van der Waals surface area contributed by atoms with Crippen LogP contribution < -0.4 is 11.2 Å². The first-order valence-electron chi connectivity index (χ1n) is 14.5. The number of hydrogen-bond donors (Lipinski definition) is 2. The van der Waals surface area contributed by atoms with Crippen LogP contribution in [0.15, 0.2) is 107 Å². The van der Waals surface area contributed by atoms with Gasteiger partial charge in [0.25, 0.3) is 5.56 Å². The monoisotopic (exact) mass is 602 g/mol. The molecular weight excluding hydrogens is 564 g/mol. The summed E-state index contributed by atoms with van der Waals surface area (Å²) in [6.45, 7) is 0.723. The minimum absolute atomic E-state index is 0.00795. The van der Waals surface area contributed by atoms with Crippen LogP contribution in [0, 0.1) is 6.92 Å². The maximum absolute atomic E-state index is 13.7. The van der Waals surface area contributed by atoms with E-state index in [-0.39, 0.29) is 39.6 Å². The Bertz CT molecular complexity index is 1610. The Morgan fingerprint density at radius 2 is 1.34 bits per heavy atom. The molecule has 10 nitrogen and oxygen atoms in total. The van der Waals surface area contributed by atoms with Crippen molar-refractivity contribution in [2.24, 2.45) is 0 Å². The molecule has 0 radical (unpaired) electrons. The zero-order chi connectivity index (χ0) is 31.0. The number of hydrogen-bond acceptors (Lipinski definition) is 8. The third kappa shape index (κ3) is 6.76. The molecule has 1 aliphatic rings. The number of rotatable bonds is 14. The van der Waals surface area contributed by atoms with Crippen molar-refractivity contribution in [2.45, 2.75) is 57.3 Å². The van der Waals surface area contributed by atoms with Crippen molar-refractivity contribution in [3.8, 4) is 0 Å². The molecule has 2 heterocycles. The molecule has 44 heavy (non-hydrogen) atoms. The van der Waals surface area contributed by atoms with Gasteiger partial charge >= 0.3 is 5.69 Å². The number of benzene rings is 3. The zero-order valence-electron chi connectivity index (χ0n) is 24.7. The van der Waals surface area contributed by atoms with Gasteiger partial charge in [0.15, 0.2) is 0 Å². The van der Waals surface area contributed by atoms with Crippen molar-refractivity contribution in [2.75, 3.05) is 19.8 Å². The Labute approximate surface area is 255 Å². The van der Waals surface area contributed by atoms with Crippen LogP contribution in [0.25, 0.3) is 0 Å². The summed E-state index contributed by atoms with van der Waals surface area (Å²) in [5.41, 5.74) is -1.12. The molecule has 10 heteroatoms. The molecule has 2 N–H and O–H groups in total. The van der Waals surface area contributed by atoms with E-state index in [0.717, 1.165) is 21.3 Å². The number of aliphatic hydroxyl groups is 2. The van der Waals surface area contributed by atoms with Crippen LogP contribution in [-0.2, 0) is 45.5 Å². The largest absolute Gasteiger partial charge is 0.393 e. The van der Waals surface area contributed by atoms with E-state index in [4.69, 9.17) is 18.9 Å². The molecule has 5 rings (SSSR count). The van der Waals surface area contributed by atoms with Gasteiger partial charge < -0.3 is 29.2 Å². The van der Waals surface area contributed by atoms with E-state index in [0.29, 0.717) is 5.56 Å². The Hall–Kier alpha value is -3.90. The number of nitrogens with zero attached hydrogens (tertiary/aromatic N) is 2. The van der Waals surface area contributed by atoms with E-state index < -0.39 is 41.9 Å². The lowest BCUT2D eigenvalue weighted by Gasteiger charge is -2.41. The maximum atomic E-state index is 13.7. The Balaban J connectivity index is 1.44. The fraction of sp³-hybridized carbons (Fsp3) is 0.353. The fourth-order valence-electron chi connectivity index (χ4n) is 5.48. The van der Waals surface area contributed by atoms with E-state index in [9.17, 15) is 19.8 Å². The third-order valence-electron chi connectivity index (χ3n) is 8.02. The lowest BCUT2D eigenvalue weighted by molar-refractivity contribution is -0.225. The van der Waals surface area contributed by atoms with Crippen molar-refractivity contribution in [3.63, 3.8) is 0 Å². The minimum Gasteiger partial charge on any atom is -0.393 e. The SMILES string of the molecule is Cc1cn([C@H]2CC(CO)(OCc3ccccc3)[C@@](CO)(COCc3ccccc3)O2)c(=O)n(COCc2ccccc2)c1=O. The smallest absolute Gasteiger partial charge is 0.335 e. The Morgan fingerprint density at radius 3 is 1.89 bits per heavy atom. The van der Waals surface area contributed by atoms with Crippen LogP contribution in [0.5, 0.6) is 0 Å². The molecule has 1 fully saturated rings. The summed E-state index contributed by atoms with van der Waals surface area (Å²) in [6, 6.07) is 28.4. The molecule has 0 saturated carbocycles. The normalized spacial score (nSPS) is 21.5. The van der Waals surface area contributed by atoms with Gasteiger partial charge in [-0.05, 0) is 23.6 Å². The molecule has 1 saturated heterocycles. The van der Waals surface area contributed by atoms with Crippen molar-refractivity contribution in [1.82, 2.24) is 9.13 Å². The molecular formula is C34H38N2O8. The average Bonchev–Trinajstić information content (AvgIpc) is 3.39. The van der Waals surface area contributed by atoms with E-state index in [2.05, 4.69) is 0 Å². The fourth-order valence-corrected chi connectivity index (χ4v) is 5.48. The first-order chi connectivity index (χ1) is 21.4. The standard InChI is InChI=1S/C34H38N2O8/c1-26-18-35(32(40)36(31(26)39)25-42-20-28-13-7-3-8-14-28)30-17-33(22-37,43-21-29-15-9-4-10-16-29)34(23-38,44-30)24-41-19-27-11-5-2-6-12-27/h2-16,18,30,37-38H,17,19-25H2,1H3/t30-,33?,34-/m1/s1. The first kappa shape index (κ1) is 31.5. The predicted octanol–water partition coefficient (Wildman–Crippen LogP) is 3.31. The number of aromatic nitrogens is 2. The van der Waals surface area contributed by atoms with E-state index in [1.165, 1.54) is 10.8 Å². The van der Waals surface area contributed by atoms with Crippen LogP contribution in [-0.4, -0.2) is 50.4 Å². The lowest BCUT2D eigenvalue weighted by atomic mass is 9.83. The van der Waals surface area contributed by atoms with E-state index >= 15 is 0 Å². The van der Waals surface area contributed by atoms with Gasteiger partial charge in [-0.2, -0.15) is 0 Å². The summed E-state index contributed by atoms with van der Waals surface area (Å²) in [4.78, 5) is 26.7. The van der Waals surface area contributed by atoms with Gasteiger partial charge in [0.2, 0.25) is 0 Å². The second-order valence-corrected chi connectivity index (χ2v) is 11.0. The Kier molecular flexibility index (Phi) is 10.2. The zero-order valence-corrected chi connectivity index (χ0v) is 24.7. The van der Waals surface area contributed by atoms with Crippen LogP contribution in [0.3, 0.4) is 0 Å². The highest BCUT2D eigenvalue weighted by atomic mass is 16.6. The van der Waals surface area contributed by atoms with E-state index in [1.54, 1.807) is 6.92 Å². The molecule has 0 aliphatic carbocycles. The number of aryl methyl sites for hydroxylation is 1. The second kappa shape index (κ2) is 14.3. The van der Waals surface area contributed by atoms with Crippen molar-refractivity contribution < 1.29 is 29.2 Å². The molecule has 0 bridgehead atoms. The molecule has 0 spiro atoms. The van der Waals surface area contributed by atoms with Gasteiger partial charge in [0.1, 0.15) is 24.2 Å². The average molecular weight is 603 g/mol. The van der Waals surface area contributed by atoms with Crippen LogP contribution in [0.4, 0.5) is 0 Å². The van der Waals surface area contributed by atoms with Crippen LogP contribution >= 0.6 is 0 Å². The Morgan fingerprint density at radius 1 is 0.795 bits per heavy atom. The summed E-state index contributed by atoms with van der Waals surface area (Å²) >= 11 is 0. The highest BCUT2D eigenvalue weighted by Crippen LogP contribution is 2.47. The summed E-state index contributed by atoms with van der Waals surface area (Å²) in [5.74, 6) is 0. The van der Waals surface area contributed by atoms with Gasteiger partial charge in [-0.1, -0.05) is 91.0 Å². The van der Waals surface area contributed by atoms with Gasteiger partial charge in [0.05, 0.1) is 39.6 Å². The van der Waals surface area contributed by atoms with Gasteiger partial charge in [0, 0.05) is 18.2 Å². The topological polar surface area (TPSA) is 121 Å². The minimum atomic E-state index is -1.53. The predicted molar refractivity (Wildman–Crippen MR) is 163 cm³/mol. The molecule has 1 unspecified atom stereocenters. The van der Waals surface area contributed by atoms with Crippen LogP contribution in [0.2, 0.25) is 0 Å². The molecule has 0 amide bonds. The highest BCUT2D eigenvalue weighted by molar-refractivity contribution is 5.17.